The van der Waals surface area contributed by atoms with Crippen LogP contribution in [0.25, 0.3) is 0 Å². The molecule has 0 saturated carbocycles. The van der Waals surface area contributed by atoms with Gasteiger partial charge in [-0.1, -0.05) is 0 Å². The van der Waals surface area contributed by atoms with Gasteiger partial charge in [0.2, 0.25) is 0 Å². The minimum atomic E-state index is -0.514. The fourth-order valence-corrected chi connectivity index (χ4v) is 1.15. The smallest absolute Gasteiger partial charge is 0.323 e. The topological polar surface area (TPSA) is 78.3 Å². The van der Waals surface area contributed by atoms with E-state index < -0.39 is 6.04 Å². The summed E-state index contributed by atoms with van der Waals surface area (Å²) in [6.45, 7) is 2.22. The molecule has 1 aliphatic heterocycles. The molecule has 0 aliphatic carbocycles. The van der Waals surface area contributed by atoms with Crippen LogP contribution in [-0.2, 0) is 9.53 Å². The summed E-state index contributed by atoms with van der Waals surface area (Å²) >= 11 is 0. The van der Waals surface area contributed by atoms with Crippen molar-refractivity contribution in [3.8, 4) is 0 Å². The lowest BCUT2D eigenvalue weighted by atomic mass is 9.99. The fourth-order valence-electron chi connectivity index (χ4n) is 1.15. The molecule has 0 spiro atoms. The van der Waals surface area contributed by atoms with Gasteiger partial charge in [0.05, 0.1) is 0 Å². The van der Waals surface area contributed by atoms with Crippen LogP contribution in [0.5, 0.6) is 0 Å². The van der Waals surface area contributed by atoms with Crippen LogP contribution in [0.15, 0.2) is 0 Å². The first-order valence-electron chi connectivity index (χ1n) is 3.33. The summed E-state index contributed by atoms with van der Waals surface area (Å²) in [5.74, 6) is -0.338. The Morgan fingerprint density at radius 2 is 2.30 bits per heavy atom. The highest BCUT2D eigenvalue weighted by Gasteiger charge is 2.38. The molecule has 4 heteroatoms. The Bertz CT molecular complexity index is 149. The van der Waals surface area contributed by atoms with Crippen molar-refractivity contribution in [2.45, 2.75) is 19.1 Å². The summed E-state index contributed by atoms with van der Waals surface area (Å²) in [7, 11) is 0. The van der Waals surface area contributed by atoms with Crippen LogP contribution in [-0.4, -0.2) is 24.7 Å². The summed E-state index contributed by atoms with van der Waals surface area (Å²) in [5.41, 5.74) is 10.8. The lowest BCUT2D eigenvalue weighted by Crippen LogP contribution is -2.37. The molecule has 4 nitrogen and oxygen atoms in total. The summed E-state index contributed by atoms with van der Waals surface area (Å²) in [6, 6.07) is -0.514. The number of esters is 1. The first kappa shape index (κ1) is 7.50. The van der Waals surface area contributed by atoms with Gasteiger partial charge in [0.25, 0.3) is 0 Å². The maximum atomic E-state index is 10.8. The molecule has 1 fully saturated rings. The first-order chi connectivity index (χ1) is 4.66. The van der Waals surface area contributed by atoms with E-state index in [4.69, 9.17) is 16.2 Å². The largest absolute Gasteiger partial charge is 0.461 e. The van der Waals surface area contributed by atoms with Gasteiger partial charge in [-0.05, 0) is 6.92 Å². The van der Waals surface area contributed by atoms with Crippen molar-refractivity contribution >= 4 is 5.97 Å². The van der Waals surface area contributed by atoms with Gasteiger partial charge >= 0.3 is 5.97 Å². The van der Waals surface area contributed by atoms with Gasteiger partial charge in [0.1, 0.15) is 12.1 Å². The van der Waals surface area contributed by atoms with E-state index in [0.717, 1.165) is 0 Å². The molecule has 1 rings (SSSR count). The van der Waals surface area contributed by atoms with Crippen LogP contribution in [0.1, 0.15) is 6.92 Å². The minimum Gasteiger partial charge on any atom is -0.461 e. The molecule has 1 saturated heterocycles. The van der Waals surface area contributed by atoms with Gasteiger partial charge < -0.3 is 16.2 Å². The van der Waals surface area contributed by atoms with Gasteiger partial charge in [-0.2, -0.15) is 0 Å². The number of nitrogens with two attached hydrogens (primary N) is 2. The Morgan fingerprint density at radius 3 is 2.50 bits per heavy atom. The quantitative estimate of drug-likeness (QED) is 0.455. The van der Waals surface area contributed by atoms with E-state index in [1.54, 1.807) is 0 Å². The van der Waals surface area contributed by atoms with Gasteiger partial charge in [-0.3, -0.25) is 4.79 Å². The van der Waals surface area contributed by atoms with E-state index >= 15 is 0 Å². The average Bonchev–Trinajstić information content (AvgIpc) is 2.09. The normalized spacial score (nSPS) is 39.9. The SMILES string of the molecule is CC1OC(=O)C(N)C1CN. The molecule has 0 aromatic heterocycles. The number of ether oxygens (including phenoxy) is 1. The average molecular weight is 144 g/mol. The molecule has 10 heavy (non-hydrogen) atoms. The first-order valence-corrected chi connectivity index (χ1v) is 3.33. The number of carbonyl (C=O) groups is 1. The van der Waals surface area contributed by atoms with Gasteiger partial charge in [-0.15, -0.1) is 0 Å². The predicted molar refractivity (Wildman–Crippen MR) is 36.1 cm³/mol. The van der Waals surface area contributed by atoms with Gasteiger partial charge in [0.15, 0.2) is 0 Å². The Kier molecular flexibility index (Phi) is 1.92. The third-order valence-corrected chi connectivity index (χ3v) is 1.91. The molecule has 0 bridgehead atoms. The minimum absolute atomic E-state index is 0.00694. The number of carbonyl (C=O) groups excluding carboxylic acids is 1. The van der Waals surface area contributed by atoms with Crippen molar-refractivity contribution in [1.29, 1.82) is 0 Å². The highest BCUT2D eigenvalue weighted by molar-refractivity contribution is 5.78. The second-order valence-electron chi connectivity index (χ2n) is 2.57. The fraction of sp³-hybridized carbons (Fsp3) is 0.833. The van der Waals surface area contributed by atoms with Gasteiger partial charge in [0, 0.05) is 12.5 Å². The molecule has 1 aliphatic rings. The molecule has 3 atom stereocenters. The maximum absolute atomic E-state index is 10.8. The highest BCUT2D eigenvalue weighted by Crippen LogP contribution is 2.19. The lowest BCUT2D eigenvalue weighted by Gasteiger charge is -2.11. The predicted octanol–water partition coefficient (Wildman–Crippen LogP) is -1.17. The van der Waals surface area contributed by atoms with Crippen LogP contribution in [0, 0.1) is 5.92 Å². The molecule has 0 amide bonds. The zero-order chi connectivity index (χ0) is 7.72. The van der Waals surface area contributed by atoms with Crippen LogP contribution < -0.4 is 11.5 Å². The van der Waals surface area contributed by atoms with E-state index in [9.17, 15) is 4.79 Å². The Morgan fingerprint density at radius 1 is 1.70 bits per heavy atom. The van der Waals surface area contributed by atoms with E-state index in [1.807, 2.05) is 6.92 Å². The number of hydrogen-bond donors (Lipinski definition) is 2. The molecule has 1 heterocycles. The zero-order valence-electron chi connectivity index (χ0n) is 5.91. The van der Waals surface area contributed by atoms with E-state index in [1.165, 1.54) is 0 Å². The number of hydrogen-bond acceptors (Lipinski definition) is 4. The number of rotatable bonds is 1. The second kappa shape index (κ2) is 2.56. The van der Waals surface area contributed by atoms with Crippen LogP contribution in [0.4, 0.5) is 0 Å². The van der Waals surface area contributed by atoms with Gasteiger partial charge in [-0.25, -0.2) is 0 Å². The van der Waals surface area contributed by atoms with Crippen LogP contribution in [0.3, 0.4) is 0 Å². The van der Waals surface area contributed by atoms with Crippen molar-refractivity contribution in [1.82, 2.24) is 0 Å². The van der Waals surface area contributed by atoms with E-state index in [0.29, 0.717) is 6.54 Å². The van der Waals surface area contributed by atoms with Crippen LogP contribution in [0.2, 0.25) is 0 Å². The summed E-state index contributed by atoms with van der Waals surface area (Å²) in [5, 5.41) is 0. The Hall–Kier alpha value is -0.610. The molecule has 4 N–H and O–H groups in total. The third kappa shape index (κ3) is 0.998. The zero-order valence-corrected chi connectivity index (χ0v) is 5.91. The van der Waals surface area contributed by atoms with E-state index in [-0.39, 0.29) is 18.0 Å². The van der Waals surface area contributed by atoms with Crippen molar-refractivity contribution < 1.29 is 9.53 Å². The molecule has 0 radical (unpaired) electrons. The second-order valence-corrected chi connectivity index (χ2v) is 2.57. The molecular formula is C6H12N2O2. The Labute approximate surface area is 59.5 Å². The summed E-state index contributed by atoms with van der Waals surface area (Å²) in [6.07, 6.45) is -0.118. The molecule has 0 aromatic rings. The molecule has 3 unspecified atom stereocenters. The summed E-state index contributed by atoms with van der Waals surface area (Å²) in [4.78, 5) is 10.8. The molecule has 58 valence electrons. The standard InChI is InChI=1S/C6H12N2O2/c1-3-4(2-7)5(8)6(9)10-3/h3-5H,2,7-8H2,1H3. The molecular weight excluding hydrogens is 132 g/mol. The highest BCUT2D eigenvalue weighted by atomic mass is 16.6. The van der Waals surface area contributed by atoms with Crippen molar-refractivity contribution in [3.05, 3.63) is 0 Å². The van der Waals surface area contributed by atoms with E-state index in [2.05, 4.69) is 0 Å². The monoisotopic (exact) mass is 144 g/mol. The van der Waals surface area contributed by atoms with Crippen molar-refractivity contribution in [2.24, 2.45) is 17.4 Å². The van der Waals surface area contributed by atoms with Crippen LogP contribution >= 0.6 is 0 Å². The van der Waals surface area contributed by atoms with Crippen molar-refractivity contribution in [3.63, 3.8) is 0 Å². The summed E-state index contributed by atoms with van der Waals surface area (Å²) < 4.78 is 4.83. The Balaban J connectivity index is 2.64. The van der Waals surface area contributed by atoms with Crippen molar-refractivity contribution in [2.75, 3.05) is 6.54 Å². The maximum Gasteiger partial charge on any atom is 0.323 e. The number of cyclic esters (lactones) is 1. The third-order valence-electron chi connectivity index (χ3n) is 1.91. The molecule has 0 aromatic carbocycles. The lowest BCUT2D eigenvalue weighted by molar-refractivity contribution is -0.141.